The summed E-state index contributed by atoms with van der Waals surface area (Å²) in [6.07, 6.45) is 2.58. The van der Waals surface area contributed by atoms with Gasteiger partial charge in [0.05, 0.1) is 15.5 Å². The lowest BCUT2D eigenvalue weighted by molar-refractivity contribution is -0.385. The smallest absolute Gasteiger partial charge is 0.270 e. The first kappa shape index (κ1) is 20.6. The number of non-ortho nitro benzene ring substituents is 1. The Bertz CT molecular complexity index is 970. The number of nitro groups is 1. The molecule has 0 unspecified atom stereocenters. The van der Waals surface area contributed by atoms with E-state index in [4.69, 9.17) is 16.3 Å². The largest absolute Gasteiger partial charge is 0.383 e. The highest BCUT2D eigenvalue weighted by atomic mass is 35.5. The Balaban J connectivity index is 1.94. The second kappa shape index (κ2) is 8.06. The molecule has 1 aliphatic heterocycles. The van der Waals surface area contributed by atoms with Gasteiger partial charge in [0.15, 0.2) is 9.84 Å². The van der Waals surface area contributed by atoms with Crippen molar-refractivity contribution in [1.82, 2.24) is 0 Å². The molecule has 0 aliphatic carbocycles. The maximum Gasteiger partial charge on any atom is 0.270 e. The van der Waals surface area contributed by atoms with Crippen LogP contribution in [0.25, 0.3) is 0 Å². The van der Waals surface area contributed by atoms with Crippen molar-refractivity contribution in [3.8, 4) is 0 Å². The number of nitro benzene ring substituents is 1. The van der Waals surface area contributed by atoms with Gasteiger partial charge in [0.25, 0.3) is 5.69 Å². The first-order chi connectivity index (χ1) is 13.2. The molecule has 1 fully saturated rings. The van der Waals surface area contributed by atoms with Crippen LogP contribution in [0.4, 0.5) is 11.4 Å². The van der Waals surface area contributed by atoms with E-state index in [0.717, 1.165) is 30.7 Å². The fourth-order valence-corrected chi connectivity index (χ4v) is 4.48. The standard InChI is InChI=1S/C19H21ClN2O5S/c1-28(25,26)18-12-16(22(23)24)6-7-17(18)21-13-19(8-10-27-11-9-19)14-2-4-15(20)5-3-14/h2-7,12,21H,8-11,13H2,1H3. The second-order valence-electron chi connectivity index (χ2n) is 6.96. The molecule has 1 heterocycles. The van der Waals surface area contributed by atoms with E-state index in [1.54, 1.807) is 0 Å². The molecule has 0 bridgehead atoms. The number of nitrogens with one attached hydrogen (secondary N) is 1. The van der Waals surface area contributed by atoms with Gasteiger partial charge in [-0.2, -0.15) is 0 Å². The van der Waals surface area contributed by atoms with Crippen LogP contribution in [0.1, 0.15) is 18.4 Å². The minimum absolute atomic E-state index is 0.0833. The average molecular weight is 425 g/mol. The van der Waals surface area contributed by atoms with Gasteiger partial charge in [0.2, 0.25) is 0 Å². The van der Waals surface area contributed by atoms with Crippen LogP contribution in [0.15, 0.2) is 47.4 Å². The topological polar surface area (TPSA) is 98.5 Å². The molecule has 0 amide bonds. The van der Waals surface area contributed by atoms with Crippen molar-refractivity contribution in [2.45, 2.75) is 23.2 Å². The quantitative estimate of drug-likeness (QED) is 0.559. The van der Waals surface area contributed by atoms with E-state index in [-0.39, 0.29) is 16.0 Å². The SMILES string of the molecule is CS(=O)(=O)c1cc([N+](=O)[O-])ccc1NCC1(c2ccc(Cl)cc2)CCOCC1. The lowest BCUT2D eigenvalue weighted by Gasteiger charge is -2.38. The van der Waals surface area contributed by atoms with Crippen LogP contribution in [-0.2, 0) is 20.0 Å². The summed E-state index contributed by atoms with van der Waals surface area (Å²) in [5, 5.41) is 14.9. The summed E-state index contributed by atoms with van der Waals surface area (Å²) in [6, 6.07) is 11.5. The summed E-state index contributed by atoms with van der Waals surface area (Å²) in [7, 11) is -3.64. The predicted octanol–water partition coefficient (Wildman–Crippen LogP) is 3.81. The number of halogens is 1. The minimum atomic E-state index is -3.64. The van der Waals surface area contributed by atoms with Crippen LogP contribution in [0.2, 0.25) is 5.02 Å². The van der Waals surface area contributed by atoms with Crippen molar-refractivity contribution >= 4 is 32.8 Å². The van der Waals surface area contributed by atoms with E-state index >= 15 is 0 Å². The molecule has 2 aromatic carbocycles. The first-order valence-electron chi connectivity index (χ1n) is 8.77. The van der Waals surface area contributed by atoms with E-state index in [1.807, 2.05) is 24.3 Å². The number of hydrogen-bond donors (Lipinski definition) is 1. The number of benzene rings is 2. The van der Waals surface area contributed by atoms with Crippen molar-refractivity contribution in [2.24, 2.45) is 0 Å². The van der Waals surface area contributed by atoms with Crippen LogP contribution in [0.5, 0.6) is 0 Å². The molecule has 2 aromatic rings. The Morgan fingerprint density at radius 1 is 1.18 bits per heavy atom. The monoisotopic (exact) mass is 424 g/mol. The van der Waals surface area contributed by atoms with Crippen LogP contribution in [0.3, 0.4) is 0 Å². The zero-order valence-electron chi connectivity index (χ0n) is 15.4. The maximum absolute atomic E-state index is 12.2. The average Bonchev–Trinajstić information content (AvgIpc) is 2.66. The fraction of sp³-hybridized carbons (Fsp3) is 0.368. The van der Waals surface area contributed by atoms with Gasteiger partial charge in [-0.05, 0) is 36.6 Å². The molecule has 0 atom stereocenters. The summed E-state index contributed by atoms with van der Waals surface area (Å²) in [4.78, 5) is 10.3. The number of ether oxygens (including phenoxy) is 1. The molecule has 1 N–H and O–H groups in total. The van der Waals surface area contributed by atoms with E-state index in [9.17, 15) is 18.5 Å². The Kier molecular flexibility index (Phi) is 5.92. The van der Waals surface area contributed by atoms with E-state index in [0.29, 0.717) is 30.5 Å². The van der Waals surface area contributed by atoms with Crippen LogP contribution < -0.4 is 5.32 Å². The number of nitrogens with zero attached hydrogens (tertiary/aromatic N) is 1. The Hall–Kier alpha value is -2.16. The number of rotatable bonds is 6. The molecule has 1 saturated heterocycles. The molecule has 1 aliphatic rings. The van der Waals surface area contributed by atoms with Crippen LogP contribution in [-0.4, -0.2) is 39.4 Å². The molecular weight excluding hydrogens is 404 g/mol. The predicted molar refractivity (Wildman–Crippen MR) is 108 cm³/mol. The van der Waals surface area contributed by atoms with Crippen molar-refractivity contribution in [1.29, 1.82) is 0 Å². The normalized spacial score (nSPS) is 16.5. The van der Waals surface area contributed by atoms with E-state index in [1.165, 1.54) is 12.1 Å². The van der Waals surface area contributed by atoms with Crippen molar-refractivity contribution in [3.63, 3.8) is 0 Å². The van der Waals surface area contributed by atoms with Gasteiger partial charge < -0.3 is 10.1 Å². The fourth-order valence-electron chi connectivity index (χ4n) is 3.47. The van der Waals surface area contributed by atoms with Gasteiger partial charge in [-0.3, -0.25) is 10.1 Å². The third-order valence-electron chi connectivity index (χ3n) is 5.10. The molecule has 3 rings (SSSR count). The highest BCUT2D eigenvalue weighted by Gasteiger charge is 2.35. The highest BCUT2D eigenvalue weighted by Crippen LogP contribution is 2.36. The number of sulfone groups is 1. The number of hydrogen-bond acceptors (Lipinski definition) is 6. The lowest BCUT2D eigenvalue weighted by Crippen LogP contribution is -2.40. The van der Waals surface area contributed by atoms with Gasteiger partial charge >= 0.3 is 0 Å². The zero-order valence-corrected chi connectivity index (χ0v) is 16.9. The molecule has 7 nitrogen and oxygen atoms in total. The summed E-state index contributed by atoms with van der Waals surface area (Å²) in [6.45, 7) is 1.67. The first-order valence-corrected chi connectivity index (χ1v) is 11.0. The van der Waals surface area contributed by atoms with Crippen LogP contribution >= 0.6 is 11.6 Å². The Morgan fingerprint density at radius 3 is 2.39 bits per heavy atom. The molecule has 0 saturated carbocycles. The van der Waals surface area contributed by atoms with Crippen molar-refractivity contribution in [3.05, 3.63) is 63.2 Å². The summed E-state index contributed by atoms with van der Waals surface area (Å²) >= 11 is 6.02. The van der Waals surface area contributed by atoms with E-state index < -0.39 is 14.8 Å². The maximum atomic E-state index is 12.2. The minimum Gasteiger partial charge on any atom is -0.383 e. The van der Waals surface area contributed by atoms with Gasteiger partial charge in [-0.15, -0.1) is 0 Å². The molecule has 0 aromatic heterocycles. The third-order valence-corrected chi connectivity index (χ3v) is 6.49. The van der Waals surface area contributed by atoms with Gasteiger partial charge in [-0.1, -0.05) is 23.7 Å². The summed E-state index contributed by atoms with van der Waals surface area (Å²) < 4.78 is 29.9. The molecule has 150 valence electrons. The molecule has 28 heavy (non-hydrogen) atoms. The molecular formula is C19H21ClN2O5S. The zero-order chi connectivity index (χ0) is 20.4. The molecule has 0 spiro atoms. The lowest BCUT2D eigenvalue weighted by atomic mass is 9.74. The van der Waals surface area contributed by atoms with Gasteiger partial charge in [0, 0.05) is 48.6 Å². The Morgan fingerprint density at radius 2 is 1.82 bits per heavy atom. The summed E-state index contributed by atoms with van der Waals surface area (Å²) in [5.41, 5.74) is 0.937. The molecule has 9 heteroatoms. The van der Waals surface area contributed by atoms with E-state index in [2.05, 4.69) is 5.32 Å². The van der Waals surface area contributed by atoms with Gasteiger partial charge in [0.1, 0.15) is 0 Å². The second-order valence-corrected chi connectivity index (χ2v) is 9.38. The van der Waals surface area contributed by atoms with Gasteiger partial charge in [-0.25, -0.2) is 8.42 Å². The van der Waals surface area contributed by atoms with Crippen molar-refractivity contribution < 1.29 is 18.1 Å². The van der Waals surface area contributed by atoms with Crippen LogP contribution in [0, 0.1) is 10.1 Å². The third kappa shape index (κ3) is 4.45. The number of anilines is 1. The summed E-state index contributed by atoms with van der Waals surface area (Å²) in [5.74, 6) is 0. The highest BCUT2D eigenvalue weighted by molar-refractivity contribution is 7.90. The van der Waals surface area contributed by atoms with Crippen molar-refractivity contribution in [2.75, 3.05) is 31.3 Å². The molecule has 0 radical (unpaired) electrons. The Labute approximate surface area is 168 Å².